The fourth-order valence-corrected chi connectivity index (χ4v) is 2.58. The molecule has 126 valence electrons. The molecule has 0 saturated carbocycles. The lowest BCUT2D eigenvalue weighted by Crippen LogP contribution is -2.49. The summed E-state index contributed by atoms with van der Waals surface area (Å²) in [5.41, 5.74) is 1.77. The van der Waals surface area contributed by atoms with Crippen molar-refractivity contribution in [2.45, 2.75) is 26.9 Å². The molecule has 0 amide bonds. The fraction of sp³-hybridized carbons (Fsp3) is 0.438. The first kappa shape index (κ1) is 17.3. The third-order valence-corrected chi connectivity index (χ3v) is 3.82. The monoisotopic (exact) mass is 328 g/mol. The lowest BCUT2D eigenvalue weighted by atomic mass is 9.83. The Morgan fingerprint density at radius 2 is 2.00 bits per heavy atom. The maximum absolute atomic E-state index is 13.3. The van der Waals surface area contributed by atoms with Crippen LogP contribution < -0.4 is 15.2 Å². The highest BCUT2D eigenvalue weighted by atomic mass is 19.4. The number of Topliss-reactive ketones (excluding diaryl/α,β-unsaturated/α-hetero) is 1. The Hall–Kier alpha value is -2.02. The molecule has 1 aromatic carbocycles. The number of nitrogens with zero attached hydrogens (tertiary/aromatic N) is 1. The van der Waals surface area contributed by atoms with Crippen molar-refractivity contribution in [1.29, 1.82) is 0 Å². The highest BCUT2D eigenvalue weighted by molar-refractivity contribution is 6.02. The van der Waals surface area contributed by atoms with E-state index in [1.165, 1.54) is 32.9 Å². The summed E-state index contributed by atoms with van der Waals surface area (Å²) >= 11 is 0. The molecule has 1 aliphatic rings. The first-order valence-corrected chi connectivity index (χ1v) is 7.08. The predicted octanol–water partition coefficient (Wildman–Crippen LogP) is 3.69. The number of methoxy groups -OCH3 is 1. The summed E-state index contributed by atoms with van der Waals surface area (Å²) in [6.07, 6.45) is -3.44. The average molecular weight is 328 g/mol. The highest BCUT2D eigenvalue weighted by Crippen LogP contribution is 2.42. The molecule has 1 aliphatic heterocycles. The SMILES string of the molecule is COc1cccc(N2C=C(C(F)(F)F)C(C)(C)CN2)c1C(C)=O. The quantitative estimate of drug-likeness (QED) is 0.859. The smallest absolute Gasteiger partial charge is 0.414 e. The molecule has 0 fully saturated rings. The first-order chi connectivity index (χ1) is 10.6. The van der Waals surface area contributed by atoms with E-state index in [1.807, 2.05) is 0 Å². The van der Waals surface area contributed by atoms with Crippen molar-refractivity contribution in [1.82, 2.24) is 5.43 Å². The molecule has 0 aliphatic carbocycles. The zero-order valence-corrected chi connectivity index (χ0v) is 13.4. The van der Waals surface area contributed by atoms with Gasteiger partial charge in [0.2, 0.25) is 0 Å². The van der Waals surface area contributed by atoms with E-state index in [-0.39, 0.29) is 17.9 Å². The number of carbonyl (C=O) groups is 1. The molecule has 1 N–H and O–H groups in total. The zero-order valence-electron chi connectivity index (χ0n) is 13.4. The minimum absolute atomic E-state index is 0.0902. The normalized spacial score (nSPS) is 17.7. The molecule has 0 spiro atoms. The Balaban J connectivity index is 2.58. The standard InChI is InChI=1S/C16H19F3N2O2/c1-10(22)14-11(6-5-7-12(14)23-4)21-8-13(16(17,18)19)15(2,3)9-20-21/h5-8,20H,9H2,1-4H3. The van der Waals surface area contributed by atoms with Crippen LogP contribution >= 0.6 is 0 Å². The maximum atomic E-state index is 13.3. The van der Waals surface area contributed by atoms with Crippen LogP contribution in [0.1, 0.15) is 31.1 Å². The molecule has 1 aromatic rings. The van der Waals surface area contributed by atoms with Gasteiger partial charge in [-0.15, -0.1) is 0 Å². The van der Waals surface area contributed by atoms with Crippen molar-refractivity contribution >= 4 is 11.5 Å². The maximum Gasteiger partial charge on any atom is 0.414 e. The van der Waals surface area contributed by atoms with Crippen molar-refractivity contribution < 1.29 is 22.7 Å². The number of hydrogen-bond donors (Lipinski definition) is 1. The van der Waals surface area contributed by atoms with E-state index in [9.17, 15) is 18.0 Å². The van der Waals surface area contributed by atoms with Gasteiger partial charge < -0.3 is 4.74 Å². The van der Waals surface area contributed by atoms with Crippen LogP contribution in [0.4, 0.5) is 18.9 Å². The van der Waals surface area contributed by atoms with Gasteiger partial charge in [0, 0.05) is 18.2 Å². The van der Waals surface area contributed by atoms with Crippen LogP contribution in [0.5, 0.6) is 5.75 Å². The van der Waals surface area contributed by atoms with Crippen LogP contribution in [-0.2, 0) is 0 Å². The molecule has 0 aromatic heterocycles. The number of hydrazine groups is 1. The summed E-state index contributed by atoms with van der Waals surface area (Å²) in [5.74, 6) is 0.0367. The number of hydrogen-bond acceptors (Lipinski definition) is 4. The Morgan fingerprint density at radius 3 is 2.52 bits per heavy atom. The number of ketones is 1. The Labute approximate surface area is 132 Å². The minimum atomic E-state index is -4.45. The van der Waals surface area contributed by atoms with E-state index in [1.54, 1.807) is 18.2 Å². The van der Waals surface area contributed by atoms with Gasteiger partial charge >= 0.3 is 6.18 Å². The molecule has 0 unspecified atom stereocenters. The number of ether oxygens (including phenoxy) is 1. The lowest BCUT2D eigenvalue weighted by Gasteiger charge is -2.39. The largest absolute Gasteiger partial charge is 0.496 e. The van der Waals surface area contributed by atoms with Crippen molar-refractivity contribution in [2.24, 2.45) is 5.41 Å². The van der Waals surface area contributed by atoms with E-state index in [2.05, 4.69) is 5.43 Å². The predicted molar refractivity (Wildman–Crippen MR) is 81.4 cm³/mol. The molecule has 2 rings (SSSR count). The van der Waals surface area contributed by atoms with E-state index < -0.39 is 17.2 Å². The molecule has 0 atom stereocenters. The molecule has 4 nitrogen and oxygen atoms in total. The summed E-state index contributed by atoms with van der Waals surface area (Å²) in [6, 6.07) is 4.81. The van der Waals surface area contributed by atoms with Gasteiger partial charge in [-0.25, -0.2) is 5.43 Å². The summed E-state index contributed by atoms with van der Waals surface area (Å²) in [5, 5.41) is 1.24. The summed E-state index contributed by atoms with van der Waals surface area (Å²) in [4.78, 5) is 11.9. The van der Waals surface area contributed by atoms with Gasteiger partial charge in [-0.2, -0.15) is 13.2 Å². The Morgan fingerprint density at radius 1 is 1.35 bits per heavy atom. The molecule has 0 radical (unpaired) electrons. The number of anilines is 1. The van der Waals surface area contributed by atoms with Gasteiger partial charge in [0.25, 0.3) is 0 Å². The lowest BCUT2D eigenvalue weighted by molar-refractivity contribution is -0.106. The van der Waals surface area contributed by atoms with Crippen LogP contribution in [0, 0.1) is 5.41 Å². The molecular formula is C16H19F3N2O2. The zero-order chi connectivity index (χ0) is 17.4. The third kappa shape index (κ3) is 3.34. The van der Waals surface area contributed by atoms with Crippen LogP contribution in [0.15, 0.2) is 30.0 Å². The number of benzene rings is 1. The summed E-state index contributed by atoms with van der Waals surface area (Å²) in [7, 11) is 1.41. The van der Waals surface area contributed by atoms with E-state index in [0.717, 1.165) is 6.20 Å². The molecule has 0 saturated heterocycles. The molecular weight excluding hydrogens is 309 g/mol. The van der Waals surface area contributed by atoms with Crippen molar-refractivity contribution in [2.75, 3.05) is 18.7 Å². The molecule has 7 heteroatoms. The average Bonchev–Trinajstić information content (AvgIpc) is 2.44. The summed E-state index contributed by atoms with van der Waals surface area (Å²) in [6.45, 7) is 4.48. The summed E-state index contributed by atoms with van der Waals surface area (Å²) < 4.78 is 45.1. The Bertz CT molecular complexity index is 651. The van der Waals surface area contributed by atoms with E-state index in [0.29, 0.717) is 11.4 Å². The number of nitrogens with one attached hydrogen (secondary N) is 1. The minimum Gasteiger partial charge on any atom is -0.496 e. The van der Waals surface area contributed by atoms with Crippen LogP contribution in [0.3, 0.4) is 0 Å². The van der Waals surface area contributed by atoms with Crippen molar-refractivity contribution in [3.05, 3.63) is 35.5 Å². The highest BCUT2D eigenvalue weighted by Gasteiger charge is 2.45. The van der Waals surface area contributed by atoms with Gasteiger partial charge in [-0.1, -0.05) is 19.9 Å². The first-order valence-electron chi connectivity index (χ1n) is 7.08. The second kappa shape index (κ2) is 5.88. The molecule has 23 heavy (non-hydrogen) atoms. The van der Waals surface area contributed by atoms with Crippen molar-refractivity contribution in [3.63, 3.8) is 0 Å². The number of alkyl halides is 3. The van der Waals surface area contributed by atoms with E-state index in [4.69, 9.17) is 4.74 Å². The van der Waals surface area contributed by atoms with Gasteiger partial charge in [0.15, 0.2) is 5.78 Å². The van der Waals surface area contributed by atoms with Gasteiger partial charge in [0.05, 0.1) is 23.9 Å². The number of carbonyl (C=O) groups excluding carboxylic acids is 1. The van der Waals surface area contributed by atoms with Gasteiger partial charge in [0.1, 0.15) is 5.75 Å². The topological polar surface area (TPSA) is 41.6 Å². The Kier molecular flexibility index (Phi) is 4.43. The third-order valence-electron chi connectivity index (χ3n) is 3.82. The van der Waals surface area contributed by atoms with E-state index >= 15 is 0 Å². The van der Waals surface area contributed by atoms with Gasteiger partial charge in [-0.3, -0.25) is 9.80 Å². The van der Waals surface area contributed by atoms with Crippen LogP contribution in [-0.4, -0.2) is 25.6 Å². The second-order valence-corrected chi connectivity index (χ2v) is 6.04. The van der Waals surface area contributed by atoms with Crippen molar-refractivity contribution in [3.8, 4) is 5.75 Å². The van der Waals surface area contributed by atoms with Crippen LogP contribution in [0.2, 0.25) is 0 Å². The van der Waals surface area contributed by atoms with Gasteiger partial charge in [-0.05, 0) is 19.1 Å². The molecule has 1 heterocycles. The number of halogens is 3. The fourth-order valence-electron chi connectivity index (χ4n) is 2.58. The van der Waals surface area contributed by atoms with Crippen LogP contribution in [0.25, 0.3) is 0 Å². The molecule has 0 bridgehead atoms. The second-order valence-electron chi connectivity index (χ2n) is 6.04. The number of rotatable bonds is 3.